The van der Waals surface area contributed by atoms with Gasteiger partial charge in [-0.3, -0.25) is 0 Å². The van der Waals surface area contributed by atoms with E-state index < -0.39 is 5.82 Å². The fourth-order valence-electron chi connectivity index (χ4n) is 0.821. The van der Waals surface area contributed by atoms with Gasteiger partial charge in [0.2, 0.25) is 0 Å². The van der Waals surface area contributed by atoms with Crippen LogP contribution in [-0.4, -0.2) is 10.4 Å². The Labute approximate surface area is 84.7 Å². The summed E-state index contributed by atoms with van der Waals surface area (Å²) >= 11 is 3.22. The van der Waals surface area contributed by atoms with Gasteiger partial charge in [-0.15, -0.1) is 0 Å². The highest BCUT2D eigenvalue weighted by molar-refractivity contribution is 9.09. The van der Waals surface area contributed by atoms with Crippen LogP contribution in [0, 0.1) is 17.7 Å². The normalized spacial score (nSPS) is 9.08. The highest BCUT2D eigenvalue weighted by atomic mass is 79.9. The summed E-state index contributed by atoms with van der Waals surface area (Å²) in [6.45, 7) is 0. The largest absolute Gasteiger partial charge is 0.504 e. The molecule has 0 spiro atoms. The van der Waals surface area contributed by atoms with Crippen molar-refractivity contribution in [3.63, 3.8) is 0 Å². The topological polar surface area (TPSA) is 20.2 Å². The van der Waals surface area contributed by atoms with Gasteiger partial charge in [-0.1, -0.05) is 33.8 Å². The third-order valence-corrected chi connectivity index (χ3v) is 1.83. The molecule has 0 fully saturated rings. The van der Waals surface area contributed by atoms with Crippen molar-refractivity contribution >= 4 is 15.9 Å². The second-order valence-electron chi connectivity index (χ2n) is 2.38. The van der Waals surface area contributed by atoms with Crippen molar-refractivity contribution in [2.75, 3.05) is 5.33 Å². The molecule has 0 amide bonds. The number of aromatic hydroxyl groups is 1. The van der Waals surface area contributed by atoms with Crippen LogP contribution in [0.1, 0.15) is 12.0 Å². The molecule has 0 atom stereocenters. The van der Waals surface area contributed by atoms with Gasteiger partial charge in [-0.05, 0) is 12.1 Å². The average Bonchev–Trinajstić information content (AvgIpc) is 2.13. The first-order chi connectivity index (χ1) is 6.25. The third-order valence-electron chi connectivity index (χ3n) is 1.43. The molecule has 0 unspecified atom stereocenters. The highest BCUT2D eigenvalue weighted by Crippen LogP contribution is 2.19. The van der Waals surface area contributed by atoms with Gasteiger partial charge in [0.15, 0.2) is 11.6 Å². The second-order valence-corrected chi connectivity index (χ2v) is 3.17. The van der Waals surface area contributed by atoms with E-state index in [-0.39, 0.29) is 5.75 Å². The van der Waals surface area contributed by atoms with Crippen LogP contribution in [0.15, 0.2) is 18.2 Å². The predicted octanol–water partition coefficient (Wildman–Crippen LogP) is 2.67. The van der Waals surface area contributed by atoms with Crippen LogP contribution in [0.25, 0.3) is 0 Å². The first kappa shape index (κ1) is 10.1. The van der Waals surface area contributed by atoms with Gasteiger partial charge < -0.3 is 5.11 Å². The molecule has 1 rings (SSSR count). The fourth-order valence-corrected chi connectivity index (χ4v) is 1.02. The van der Waals surface area contributed by atoms with Gasteiger partial charge in [0.25, 0.3) is 0 Å². The molecule has 0 bridgehead atoms. The van der Waals surface area contributed by atoms with Gasteiger partial charge in [-0.25, -0.2) is 4.39 Å². The lowest BCUT2D eigenvalue weighted by Gasteiger charge is -1.96. The second kappa shape index (κ2) is 4.88. The summed E-state index contributed by atoms with van der Waals surface area (Å²) in [6.07, 6.45) is 0.677. The number of halogens is 2. The minimum atomic E-state index is -0.634. The van der Waals surface area contributed by atoms with Crippen LogP contribution in [0.4, 0.5) is 4.39 Å². The van der Waals surface area contributed by atoms with Crippen LogP contribution in [0.3, 0.4) is 0 Å². The molecule has 0 heterocycles. The van der Waals surface area contributed by atoms with E-state index in [4.69, 9.17) is 0 Å². The smallest absolute Gasteiger partial charge is 0.167 e. The number of alkyl halides is 1. The number of hydrogen-bond donors (Lipinski definition) is 1. The van der Waals surface area contributed by atoms with E-state index in [1.807, 2.05) is 0 Å². The molecule has 3 heteroatoms. The van der Waals surface area contributed by atoms with Crippen molar-refractivity contribution in [3.8, 4) is 17.6 Å². The maximum Gasteiger partial charge on any atom is 0.167 e. The number of phenols is 1. The lowest BCUT2D eigenvalue weighted by Crippen LogP contribution is -1.81. The van der Waals surface area contributed by atoms with Crippen LogP contribution in [0.5, 0.6) is 5.75 Å². The molecular weight excluding hydrogens is 235 g/mol. The molecule has 68 valence electrons. The molecule has 0 saturated heterocycles. The van der Waals surface area contributed by atoms with Gasteiger partial charge in [0, 0.05) is 11.8 Å². The number of benzene rings is 1. The van der Waals surface area contributed by atoms with Gasteiger partial charge in [0.05, 0.1) is 5.56 Å². The molecule has 0 aliphatic rings. The molecule has 1 aromatic carbocycles. The summed E-state index contributed by atoms with van der Waals surface area (Å²) in [5, 5.41) is 9.98. The van der Waals surface area contributed by atoms with Crippen LogP contribution < -0.4 is 0 Å². The van der Waals surface area contributed by atoms with Crippen molar-refractivity contribution in [1.29, 1.82) is 0 Å². The Morgan fingerprint density at radius 1 is 1.46 bits per heavy atom. The highest BCUT2D eigenvalue weighted by Gasteiger charge is 2.02. The quantitative estimate of drug-likeness (QED) is 0.593. The number of phenolic OH excluding ortho intramolecular Hbond substituents is 1. The molecule has 1 nitrogen and oxygen atoms in total. The zero-order valence-corrected chi connectivity index (χ0v) is 8.44. The van der Waals surface area contributed by atoms with Crippen LogP contribution in [-0.2, 0) is 0 Å². The van der Waals surface area contributed by atoms with Crippen LogP contribution >= 0.6 is 15.9 Å². The summed E-state index contributed by atoms with van der Waals surface area (Å²) < 4.78 is 12.8. The maximum absolute atomic E-state index is 12.8. The fraction of sp³-hybridized carbons (Fsp3) is 0.200. The third kappa shape index (κ3) is 2.74. The summed E-state index contributed by atoms with van der Waals surface area (Å²) in [6, 6.07) is 4.30. The monoisotopic (exact) mass is 242 g/mol. The zero-order valence-electron chi connectivity index (χ0n) is 6.85. The minimum Gasteiger partial charge on any atom is -0.504 e. The van der Waals surface area contributed by atoms with Crippen molar-refractivity contribution in [1.82, 2.24) is 0 Å². The molecule has 0 saturated carbocycles. The standard InChI is InChI=1S/C10H8BrFO/c11-7-2-1-4-8-5-3-6-9(12)10(8)13/h3,5-6,13H,2,7H2. The minimum absolute atomic E-state index is 0.334. The molecule has 13 heavy (non-hydrogen) atoms. The van der Waals surface area contributed by atoms with Gasteiger partial charge >= 0.3 is 0 Å². The Kier molecular flexibility index (Phi) is 3.78. The Hall–Kier alpha value is -1.01. The molecular formula is C10H8BrFO. The molecule has 0 aliphatic carbocycles. The summed E-state index contributed by atoms with van der Waals surface area (Å²) in [7, 11) is 0. The van der Waals surface area contributed by atoms with E-state index in [0.717, 1.165) is 5.33 Å². The van der Waals surface area contributed by atoms with E-state index >= 15 is 0 Å². The first-order valence-electron chi connectivity index (χ1n) is 3.78. The number of rotatable bonds is 1. The lowest BCUT2D eigenvalue weighted by atomic mass is 10.2. The Bertz CT molecular complexity index is 352. The molecule has 1 aromatic rings. The van der Waals surface area contributed by atoms with E-state index in [1.165, 1.54) is 12.1 Å². The molecule has 0 radical (unpaired) electrons. The van der Waals surface area contributed by atoms with E-state index in [9.17, 15) is 9.50 Å². The van der Waals surface area contributed by atoms with Gasteiger partial charge in [-0.2, -0.15) is 0 Å². The van der Waals surface area contributed by atoms with Crippen molar-refractivity contribution in [2.45, 2.75) is 6.42 Å². The van der Waals surface area contributed by atoms with Crippen LogP contribution in [0.2, 0.25) is 0 Å². The summed E-state index contributed by atoms with van der Waals surface area (Å²) in [4.78, 5) is 0. The average molecular weight is 243 g/mol. The van der Waals surface area contributed by atoms with Crippen molar-refractivity contribution in [2.24, 2.45) is 0 Å². The Balaban J connectivity index is 2.91. The summed E-state index contributed by atoms with van der Waals surface area (Å²) in [5.74, 6) is 4.48. The zero-order chi connectivity index (χ0) is 9.68. The van der Waals surface area contributed by atoms with E-state index in [1.54, 1.807) is 6.07 Å². The van der Waals surface area contributed by atoms with E-state index in [2.05, 4.69) is 27.8 Å². The lowest BCUT2D eigenvalue weighted by molar-refractivity contribution is 0.431. The molecule has 0 aliphatic heterocycles. The molecule has 0 aromatic heterocycles. The maximum atomic E-state index is 12.8. The van der Waals surface area contributed by atoms with E-state index in [0.29, 0.717) is 12.0 Å². The number of hydrogen-bond acceptors (Lipinski definition) is 1. The molecule has 1 N–H and O–H groups in total. The Morgan fingerprint density at radius 3 is 2.92 bits per heavy atom. The SMILES string of the molecule is Oc1c(F)cccc1C#CCCBr. The first-order valence-corrected chi connectivity index (χ1v) is 4.90. The summed E-state index contributed by atoms with van der Waals surface area (Å²) in [5.41, 5.74) is 0.334. The number of para-hydroxylation sites is 1. The predicted molar refractivity (Wildman–Crippen MR) is 53.4 cm³/mol. The van der Waals surface area contributed by atoms with Crippen molar-refractivity contribution < 1.29 is 9.50 Å². The Morgan fingerprint density at radius 2 is 2.23 bits per heavy atom. The van der Waals surface area contributed by atoms with Gasteiger partial charge in [0.1, 0.15) is 0 Å². The van der Waals surface area contributed by atoms with Crippen molar-refractivity contribution in [3.05, 3.63) is 29.6 Å².